The largest absolute Gasteiger partial charge is 0.494 e. The first-order valence-electron chi connectivity index (χ1n) is 12.3. The molecule has 0 aliphatic carbocycles. The molecule has 2 aliphatic heterocycles. The minimum atomic E-state index is -0.300. The van der Waals surface area contributed by atoms with Gasteiger partial charge in [0.2, 0.25) is 0 Å². The Morgan fingerprint density at radius 3 is 2.62 bits per heavy atom. The second-order valence-electron chi connectivity index (χ2n) is 8.36. The van der Waals surface area contributed by atoms with E-state index in [0.717, 1.165) is 30.8 Å². The van der Waals surface area contributed by atoms with E-state index in [-0.39, 0.29) is 24.5 Å². The van der Waals surface area contributed by atoms with Crippen LogP contribution in [0.4, 0.5) is 5.69 Å². The second kappa shape index (κ2) is 12.9. The number of benzene rings is 2. The van der Waals surface area contributed by atoms with E-state index in [4.69, 9.17) is 31.2 Å². The van der Waals surface area contributed by atoms with Gasteiger partial charge in [-0.3, -0.25) is 14.5 Å². The normalized spacial score (nSPS) is 18.4. The maximum absolute atomic E-state index is 13.0. The number of nitrogens with one attached hydrogen (secondary N) is 1. The van der Waals surface area contributed by atoms with Crippen molar-refractivity contribution in [1.29, 1.82) is 0 Å². The molecule has 8 nitrogen and oxygen atoms in total. The molecule has 2 amide bonds. The molecular formula is C27H30N2O6S2. The topological polar surface area (TPSA) is 86.3 Å². The Bertz CT molecular complexity index is 1160. The molecule has 2 heterocycles. The van der Waals surface area contributed by atoms with E-state index in [0.29, 0.717) is 46.2 Å². The lowest BCUT2D eigenvalue weighted by Gasteiger charge is -2.18. The molecule has 1 atom stereocenters. The van der Waals surface area contributed by atoms with Gasteiger partial charge in [-0.25, -0.2) is 0 Å². The zero-order valence-electron chi connectivity index (χ0n) is 20.9. The molecule has 0 radical (unpaired) electrons. The Kier molecular flexibility index (Phi) is 9.43. The number of thioether (sulfide) groups is 1. The summed E-state index contributed by atoms with van der Waals surface area (Å²) in [6.45, 7) is 5.80. The van der Waals surface area contributed by atoms with Crippen LogP contribution in [0.1, 0.15) is 32.3 Å². The molecular weight excluding hydrogens is 512 g/mol. The molecule has 2 aliphatic rings. The van der Waals surface area contributed by atoms with E-state index in [2.05, 4.69) is 5.32 Å². The van der Waals surface area contributed by atoms with Gasteiger partial charge in [0.15, 0.2) is 18.1 Å². The molecule has 0 unspecified atom stereocenters. The second-order valence-corrected chi connectivity index (χ2v) is 10.0. The summed E-state index contributed by atoms with van der Waals surface area (Å²) in [7, 11) is 0. The highest BCUT2D eigenvalue weighted by molar-refractivity contribution is 8.26. The summed E-state index contributed by atoms with van der Waals surface area (Å²) in [6, 6.07) is 12.5. The minimum Gasteiger partial charge on any atom is -0.494 e. The quantitative estimate of drug-likeness (QED) is 0.318. The number of thiocarbonyl (C=S) groups is 1. The molecule has 0 spiro atoms. The number of anilines is 1. The van der Waals surface area contributed by atoms with Crippen LogP contribution in [-0.2, 0) is 14.3 Å². The predicted octanol–water partition coefficient (Wildman–Crippen LogP) is 4.88. The minimum absolute atomic E-state index is 0.0366. The molecule has 0 bridgehead atoms. The molecule has 2 aromatic rings. The number of hydrogen-bond acceptors (Lipinski definition) is 8. The van der Waals surface area contributed by atoms with E-state index >= 15 is 0 Å². The van der Waals surface area contributed by atoms with Crippen LogP contribution in [0.2, 0.25) is 0 Å². The Hall–Kier alpha value is -3.08. The van der Waals surface area contributed by atoms with E-state index < -0.39 is 0 Å². The van der Waals surface area contributed by atoms with Gasteiger partial charge in [0.05, 0.1) is 30.8 Å². The molecule has 2 aromatic carbocycles. The fourth-order valence-electron chi connectivity index (χ4n) is 3.94. The van der Waals surface area contributed by atoms with Crippen LogP contribution in [0.3, 0.4) is 0 Å². The zero-order valence-corrected chi connectivity index (χ0v) is 22.5. The van der Waals surface area contributed by atoms with Crippen molar-refractivity contribution in [1.82, 2.24) is 4.90 Å². The summed E-state index contributed by atoms with van der Waals surface area (Å²) in [5.41, 5.74) is 1.42. The van der Waals surface area contributed by atoms with Gasteiger partial charge in [-0.1, -0.05) is 30.0 Å². The van der Waals surface area contributed by atoms with E-state index in [1.807, 2.05) is 19.9 Å². The average molecular weight is 543 g/mol. The fraction of sp³-hybridized carbons (Fsp3) is 0.370. The number of nitrogens with zero attached hydrogens (tertiary/aromatic N) is 1. The van der Waals surface area contributed by atoms with Crippen molar-refractivity contribution in [2.75, 3.05) is 38.3 Å². The summed E-state index contributed by atoms with van der Waals surface area (Å²) in [6.07, 6.45) is 3.77. The molecule has 10 heteroatoms. The molecule has 0 aromatic heterocycles. The molecule has 2 fully saturated rings. The zero-order chi connectivity index (χ0) is 26.2. The molecule has 196 valence electrons. The van der Waals surface area contributed by atoms with Gasteiger partial charge < -0.3 is 24.3 Å². The summed E-state index contributed by atoms with van der Waals surface area (Å²) in [5.74, 6) is 1.25. The van der Waals surface area contributed by atoms with Gasteiger partial charge >= 0.3 is 0 Å². The van der Waals surface area contributed by atoms with E-state index in [9.17, 15) is 9.59 Å². The lowest BCUT2D eigenvalue weighted by molar-refractivity contribution is -0.123. The van der Waals surface area contributed by atoms with E-state index in [1.165, 1.54) is 11.8 Å². The van der Waals surface area contributed by atoms with Crippen molar-refractivity contribution in [3.63, 3.8) is 0 Å². The Morgan fingerprint density at radius 1 is 1.14 bits per heavy atom. The highest BCUT2D eigenvalue weighted by Gasteiger charge is 2.34. The molecule has 37 heavy (non-hydrogen) atoms. The fourth-order valence-corrected chi connectivity index (χ4v) is 5.22. The van der Waals surface area contributed by atoms with Gasteiger partial charge in [-0.2, -0.15) is 0 Å². The number of ether oxygens (including phenoxy) is 4. The number of amides is 2. The van der Waals surface area contributed by atoms with Gasteiger partial charge in [0.1, 0.15) is 10.1 Å². The first-order valence-corrected chi connectivity index (χ1v) is 13.5. The van der Waals surface area contributed by atoms with Crippen molar-refractivity contribution in [2.24, 2.45) is 0 Å². The van der Waals surface area contributed by atoms with Crippen LogP contribution in [0.5, 0.6) is 17.2 Å². The standard InChI is InChI=1S/C27H30N2O6S2/c1-3-32-20-10-8-19(9-11-20)28-25(30)17-35-22-12-7-18(14-23(22)33-4-2)15-24-26(31)29(27(36)37-24)16-21-6-5-13-34-21/h7-12,14-15,21H,3-6,13,16-17H2,1-2H3,(H,28,30)/b24-15-/t21-/m0/s1. The van der Waals surface area contributed by atoms with Crippen LogP contribution in [-0.4, -0.2) is 60.1 Å². The molecule has 1 N–H and O–H groups in total. The van der Waals surface area contributed by atoms with Crippen molar-refractivity contribution >= 4 is 51.9 Å². The molecule has 4 rings (SSSR count). The maximum Gasteiger partial charge on any atom is 0.266 e. The lowest BCUT2D eigenvalue weighted by atomic mass is 10.1. The average Bonchev–Trinajstić information content (AvgIpc) is 3.49. The summed E-state index contributed by atoms with van der Waals surface area (Å²) < 4.78 is 23.1. The monoisotopic (exact) mass is 542 g/mol. The van der Waals surface area contributed by atoms with E-state index in [1.54, 1.807) is 47.4 Å². The number of carbonyl (C=O) groups is 2. The van der Waals surface area contributed by atoms with Gasteiger partial charge in [0.25, 0.3) is 11.8 Å². The van der Waals surface area contributed by atoms with Gasteiger partial charge in [0, 0.05) is 12.3 Å². The van der Waals surface area contributed by atoms with Crippen molar-refractivity contribution < 1.29 is 28.5 Å². The lowest BCUT2D eigenvalue weighted by Crippen LogP contribution is -2.35. The molecule has 2 saturated heterocycles. The third kappa shape index (κ3) is 7.24. The smallest absolute Gasteiger partial charge is 0.266 e. The predicted molar refractivity (Wildman–Crippen MR) is 148 cm³/mol. The van der Waals surface area contributed by atoms with Gasteiger partial charge in [-0.15, -0.1) is 0 Å². The van der Waals surface area contributed by atoms with Crippen molar-refractivity contribution in [2.45, 2.75) is 32.8 Å². The van der Waals surface area contributed by atoms with Crippen LogP contribution >= 0.6 is 24.0 Å². The Labute approximate surface area is 226 Å². The van der Waals surface area contributed by atoms with Crippen LogP contribution < -0.4 is 19.5 Å². The third-order valence-corrected chi connectivity index (χ3v) is 7.03. The van der Waals surface area contributed by atoms with Crippen molar-refractivity contribution in [3.8, 4) is 17.2 Å². The number of hydrogen-bond donors (Lipinski definition) is 1. The van der Waals surface area contributed by atoms with Crippen LogP contribution in [0.25, 0.3) is 6.08 Å². The Morgan fingerprint density at radius 2 is 1.92 bits per heavy atom. The van der Waals surface area contributed by atoms with Gasteiger partial charge in [-0.05, 0) is 74.7 Å². The summed E-state index contributed by atoms with van der Waals surface area (Å²) in [4.78, 5) is 27.5. The van der Waals surface area contributed by atoms with Crippen molar-refractivity contribution in [3.05, 3.63) is 52.9 Å². The summed E-state index contributed by atoms with van der Waals surface area (Å²) >= 11 is 6.72. The summed E-state index contributed by atoms with van der Waals surface area (Å²) in [5, 5.41) is 2.80. The maximum atomic E-state index is 13.0. The highest BCUT2D eigenvalue weighted by Crippen LogP contribution is 2.35. The van der Waals surface area contributed by atoms with Crippen LogP contribution in [0.15, 0.2) is 47.4 Å². The van der Waals surface area contributed by atoms with Crippen LogP contribution in [0, 0.1) is 0 Å². The Balaban J connectivity index is 1.38. The SMILES string of the molecule is CCOc1ccc(NC(=O)COc2ccc(/C=C3\SC(=S)N(C[C@@H]4CCCO4)C3=O)cc2OCC)cc1. The first-order chi connectivity index (χ1) is 18.0. The number of rotatable bonds is 11. The third-order valence-electron chi connectivity index (χ3n) is 5.66. The first kappa shape index (κ1) is 27.0. The number of carbonyl (C=O) groups excluding carboxylic acids is 2. The highest BCUT2D eigenvalue weighted by atomic mass is 32.2. The molecule has 0 saturated carbocycles.